The van der Waals surface area contributed by atoms with Crippen LogP contribution in [0, 0.1) is 0 Å². The van der Waals surface area contributed by atoms with Crippen molar-refractivity contribution in [1.82, 2.24) is 10.3 Å². The second-order valence-corrected chi connectivity index (χ2v) is 6.05. The van der Waals surface area contributed by atoms with Gasteiger partial charge in [0.25, 0.3) is 5.91 Å². The van der Waals surface area contributed by atoms with Crippen LogP contribution in [0.3, 0.4) is 0 Å². The zero-order chi connectivity index (χ0) is 18.7. The number of aromatic nitrogens is 1. The van der Waals surface area contributed by atoms with Crippen molar-refractivity contribution in [2.75, 3.05) is 12.1 Å². The highest BCUT2D eigenvalue weighted by Crippen LogP contribution is 2.35. The maximum Gasteiger partial charge on any atom is 0.326 e. The third-order valence-electron chi connectivity index (χ3n) is 3.34. The molecular formula is C15H13N3O7S. The van der Waals surface area contributed by atoms with Crippen molar-refractivity contribution >= 4 is 40.0 Å². The number of carboxylic acids is 2. The number of amides is 1. The van der Waals surface area contributed by atoms with Gasteiger partial charge in [-0.3, -0.25) is 9.59 Å². The van der Waals surface area contributed by atoms with Gasteiger partial charge in [-0.15, -0.1) is 11.3 Å². The Hall–Kier alpha value is -3.34. The van der Waals surface area contributed by atoms with Crippen molar-refractivity contribution in [3.05, 3.63) is 29.3 Å². The summed E-state index contributed by atoms with van der Waals surface area (Å²) < 4.78 is 10.5. The summed E-state index contributed by atoms with van der Waals surface area (Å²) in [5, 5.41) is 24.6. The average Bonchev–Trinajstić information content (AvgIpc) is 3.22. The zero-order valence-electron chi connectivity index (χ0n) is 13.1. The third-order valence-corrected chi connectivity index (χ3v) is 4.10. The number of hydrogen-bond donors (Lipinski definition) is 4. The molecule has 0 bridgehead atoms. The molecule has 1 atom stereocenters. The van der Waals surface area contributed by atoms with Gasteiger partial charge in [0.05, 0.1) is 6.42 Å². The predicted octanol–water partition coefficient (Wildman–Crippen LogP) is 1.27. The minimum atomic E-state index is -1.54. The van der Waals surface area contributed by atoms with Gasteiger partial charge in [-0.1, -0.05) is 0 Å². The fourth-order valence-corrected chi connectivity index (χ4v) is 2.85. The molecule has 4 N–H and O–H groups in total. The highest BCUT2D eigenvalue weighted by atomic mass is 32.1. The van der Waals surface area contributed by atoms with Crippen molar-refractivity contribution < 1.29 is 34.1 Å². The van der Waals surface area contributed by atoms with Crippen LogP contribution in [0.5, 0.6) is 11.5 Å². The van der Waals surface area contributed by atoms with E-state index >= 15 is 0 Å². The molecule has 0 spiro atoms. The number of aliphatic carboxylic acids is 2. The molecule has 2 heterocycles. The largest absolute Gasteiger partial charge is 0.481 e. The van der Waals surface area contributed by atoms with Crippen molar-refractivity contribution in [2.24, 2.45) is 0 Å². The maximum absolute atomic E-state index is 12.1. The van der Waals surface area contributed by atoms with E-state index in [-0.39, 0.29) is 12.5 Å². The summed E-state index contributed by atoms with van der Waals surface area (Å²) in [5.41, 5.74) is 0.653. The van der Waals surface area contributed by atoms with Crippen LogP contribution in [0.25, 0.3) is 0 Å². The zero-order valence-corrected chi connectivity index (χ0v) is 13.9. The molecule has 26 heavy (non-hydrogen) atoms. The van der Waals surface area contributed by atoms with E-state index in [9.17, 15) is 14.4 Å². The van der Waals surface area contributed by atoms with Gasteiger partial charge in [-0.05, 0) is 12.1 Å². The van der Waals surface area contributed by atoms with Crippen LogP contribution in [0.1, 0.15) is 16.9 Å². The van der Waals surface area contributed by atoms with Crippen LogP contribution in [-0.4, -0.2) is 45.9 Å². The first-order valence-electron chi connectivity index (χ1n) is 7.30. The molecule has 1 amide bonds. The number of nitrogens with zero attached hydrogens (tertiary/aromatic N) is 1. The first kappa shape index (κ1) is 17.5. The number of nitrogens with one attached hydrogen (secondary N) is 2. The minimum absolute atomic E-state index is 0.0186. The lowest BCUT2D eigenvalue weighted by Gasteiger charge is -2.10. The maximum atomic E-state index is 12.1. The quantitative estimate of drug-likeness (QED) is 0.558. The van der Waals surface area contributed by atoms with Gasteiger partial charge in [-0.25, -0.2) is 9.78 Å². The number of carbonyl (C=O) groups is 3. The molecule has 1 aliphatic heterocycles. The molecule has 0 saturated carbocycles. The molecule has 1 unspecified atom stereocenters. The van der Waals surface area contributed by atoms with Crippen LogP contribution < -0.4 is 20.1 Å². The summed E-state index contributed by atoms with van der Waals surface area (Å²) in [6.45, 7) is 0.154. The topological polar surface area (TPSA) is 147 Å². The molecule has 0 aliphatic carbocycles. The number of hydrogen-bond acceptors (Lipinski definition) is 8. The first-order chi connectivity index (χ1) is 12.4. The molecule has 136 valence electrons. The first-order valence-corrected chi connectivity index (χ1v) is 8.18. The van der Waals surface area contributed by atoms with E-state index in [0.717, 1.165) is 11.3 Å². The van der Waals surface area contributed by atoms with Crippen LogP contribution >= 0.6 is 11.3 Å². The lowest BCUT2D eigenvalue weighted by molar-refractivity contribution is -0.145. The Morgan fingerprint density at radius 3 is 2.73 bits per heavy atom. The number of rotatable bonds is 7. The molecule has 3 rings (SSSR count). The minimum Gasteiger partial charge on any atom is -0.481 e. The number of thiazole rings is 1. The monoisotopic (exact) mass is 379 g/mol. The van der Waals surface area contributed by atoms with Gasteiger partial charge in [-0.2, -0.15) is 0 Å². The number of carbonyl (C=O) groups excluding carboxylic acids is 1. The normalized spacial score (nSPS) is 13.1. The molecule has 1 aliphatic rings. The predicted molar refractivity (Wildman–Crippen MR) is 89.1 cm³/mol. The number of ether oxygens (including phenoxy) is 2. The fraction of sp³-hybridized carbons (Fsp3) is 0.200. The van der Waals surface area contributed by atoms with E-state index in [1.54, 1.807) is 18.2 Å². The summed E-state index contributed by atoms with van der Waals surface area (Å²) in [6.07, 6.45) is -0.729. The molecule has 2 aromatic rings. The Labute approximate surface area is 150 Å². The summed E-state index contributed by atoms with van der Waals surface area (Å²) in [6, 6.07) is 3.67. The smallest absolute Gasteiger partial charge is 0.326 e. The van der Waals surface area contributed by atoms with Crippen molar-refractivity contribution in [3.8, 4) is 11.5 Å². The van der Waals surface area contributed by atoms with Gasteiger partial charge in [0, 0.05) is 17.1 Å². The van der Waals surface area contributed by atoms with E-state index in [1.807, 2.05) is 0 Å². The number of fused-ring (bicyclic) bond motifs is 1. The molecule has 0 radical (unpaired) electrons. The Morgan fingerprint density at radius 1 is 1.23 bits per heavy atom. The molecule has 0 fully saturated rings. The summed E-state index contributed by atoms with van der Waals surface area (Å²) >= 11 is 1.14. The van der Waals surface area contributed by atoms with Gasteiger partial charge < -0.3 is 30.3 Å². The highest BCUT2D eigenvalue weighted by Gasteiger charge is 2.24. The molecule has 1 aromatic heterocycles. The van der Waals surface area contributed by atoms with Crippen molar-refractivity contribution in [3.63, 3.8) is 0 Å². The molecular weight excluding hydrogens is 366 g/mol. The Bertz CT molecular complexity index is 867. The van der Waals surface area contributed by atoms with Crippen LogP contribution in [0.2, 0.25) is 0 Å². The second kappa shape index (κ2) is 7.27. The van der Waals surface area contributed by atoms with Crippen molar-refractivity contribution in [1.29, 1.82) is 0 Å². The average molecular weight is 379 g/mol. The summed E-state index contributed by atoms with van der Waals surface area (Å²) in [7, 11) is 0. The van der Waals surface area contributed by atoms with E-state index < -0.39 is 30.3 Å². The van der Waals surface area contributed by atoms with E-state index in [4.69, 9.17) is 19.7 Å². The number of benzene rings is 1. The van der Waals surface area contributed by atoms with Gasteiger partial charge in [0.1, 0.15) is 11.7 Å². The Kier molecular flexibility index (Phi) is 4.89. The summed E-state index contributed by atoms with van der Waals surface area (Å²) in [5.74, 6) is -2.32. The second-order valence-electron chi connectivity index (χ2n) is 5.19. The Balaban J connectivity index is 1.66. The SMILES string of the molecule is O=C(O)CC(NC(=O)c1csc(Nc2ccc3c(c2)OCO3)n1)C(=O)O. The number of carboxylic acid groups (broad SMARTS) is 2. The molecule has 11 heteroatoms. The summed E-state index contributed by atoms with van der Waals surface area (Å²) in [4.78, 5) is 37.8. The van der Waals surface area contributed by atoms with Crippen LogP contribution in [0.4, 0.5) is 10.8 Å². The Morgan fingerprint density at radius 2 is 2.00 bits per heavy atom. The number of anilines is 2. The lowest BCUT2D eigenvalue weighted by Crippen LogP contribution is -2.42. The van der Waals surface area contributed by atoms with E-state index in [0.29, 0.717) is 22.3 Å². The molecule has 0 saturated heterocycles. The highest BCUT2D eigenvalue weighted by molar-refractivity contribution is 7.14. The molecule has 10 nitrogen and oxygen atoms in total. The van der Waals surface area contributed by atoms with E-state index in [2.05, 4.69) is 15.6 Å². The van der Waals surface area contributed by atoms with Gasteiger partial charge in [0.15, 0.2) is 16.6 Å². The third kappa shape index (κ3) is 4.00. The van der Waals surface area contributed by atoms with Gasteiger partial charge in [0.2, 0.25) is 6.79 Å². The molecule has 1 aromatic carbocycles. The van der Waals surface area contributed by atoms with Crippen LogP contribution in [0.15, 0.2) is 23.6 Å². The fourth-order valence-electron chi connectivity index (χ4n) is 2.14. The standard InChI is InChI=1S/C15H13N3O7S/c19-12(20)4-8(14(22)23)17-13(21)9-5-26-15(18-9)16-7-1-2-10-11(3-7)25-6-24-10/h1-3,5,8H,4,6H2,(H,16,18)(H,17,21)(H,19,20)(H,22,23). The lowest BCUT2D eigenvalue weighted by atomic mass is 10.2. The van der Waals surface area contributed by atoms with Crippen LogP contribution in [-0.2, 0) is 9.59 Å². The van der Waals surface area contributed by atoms with Gasteiger partial charge >= 0.3 is 11.9 Å². The van der Waals surface area contributed by atoms with Crippen molar-refractivity contribution in [2.45, 2.75) is 12.5 Å². The van der Waals surface area contributed by atoms with E-state index in [1.165, 1.54) is 5.38 Å².